The highest BCUT2D eigenvalue weighted by Gasteiger charge is 2.31. The normalized spacial score (nSPS) is 12.2. The molecule has 0 fully saturated rings. The molecule has 0 aliphatic rings. The second-order valence-electron chi connectivity index (χ2n) is 6.67. The van der Waals surface area contributed by atoms with Gasteiger partial charge in [0.25, 0.3) is 5.91 Å². The van der Waals surface area contributed by atoms with Crippen LogP contribution in [0.4, 0.5) is 23.7 Å². The molecule has 0 spiro atoms. The Kier molecular flexibility index (Phi) is 7.65. The smallest absolute Gasteiger partial charge is 0.406 e. The molecule has 1 unspecified atom stereocenters. The molecule has 2 aromatic carbocycles. The molecule has 30 heavy (non-hydrogen) atoms. The number of anilines is 1. The monoisotopic (exact) mass is 425 g/mol. The Morgan fingerprint density at radius 2 is 1.63 bits per heavy atom. The van der Waals surface area contributed by atoms with Gasteiger partial charge in [-0.15, -0.1) is 13.2 Å². The van der Waals surface area contributed by atoms with Crippen LogP contribution < -0.4 is 20.7 Å². The first-order valence-electron chi connectivity index (χ1n) is 9.03. The SMILES string of the molecule is CC(C)NC(=O)Nc1ccc(C(=O)NCC(O)c2ccc(OC(F)(F)F)cc2)cc1. The van der Waals surface area contributed by atoms with E-state index in [1.165, 1.54) is 24.3 Å². The summed E-state index contributed by atoms with van der Waals surface area (Å²) in [7, 11) is 0. The lowest BCUT2D eigenvalue weighted by Crippen LogP contribution is -2.34. The van der Waals surface area contributed by atoms with Gasteiger partial charge in [-0.05, 0) is 55.8 Å². The molecule has 0 bridgehead atoms. The second kappa shape index (κ2) is 9.97. The third-order valence-corrected chi connectivity index (χ3v) is 3.78. The van der Waals surface area contributed by atoms with Gasteiger partial charge in [0.2, 0.25) is 0 Å². The van der Waals surface area contributed by atoms with Gasteiger partial charge in [0.05, 0.1) is 6.10 Å². The predicted octanol–water partition coefficient (Wildman–Crippen LogP) is 3.58. The van der Waals surface area contributed by atoms with E-state index in [9.17, 15) is 27.9 Å². The first-order valence-corrected chi connectivity index (χ1v) is 9.03. The largest absolute Gasteiger partial charge is 0.573 e. The summed E-state index contributed by atoms with van der Waals surface area (Å²) in [6.45, 7) is 3.51. The third kappa shape index (κ3) is 7.63. The van der Waals surface area contributed by atoms with Crippen molar-refractivity contribution in [3.63, 3.8) is 0 Å². The molecule has 162 valence electrons. The zero-order valence-electron chi connectivity index (χ0n) is 16.3. The number of aliphatic hydroxyl groups is 1. The molecule has 0 aliphatic carbocycles. The fourth-order valence-corrected chi connectivity index (χ4v) is 2.44. The van der Waals surface area contributed by atoms with Crippen LogP contribution in [0, 0.1) is 0 Å². The summed E-state index contributed by atoms with van der Waals surface area (Å²) in [5.41, 5.74) is 1.14. The van der Waals surface area contributed by atoms with Gasteiger partial charge < -0.3 is 25.8 Å². The third-order valence-electron chi connectivity index (χ3n) is 3.78. The van der Waals surface area contributed by atoms with Crippen LogP contribution in [0.1, 0.15) is 35.9 Å². The van der Waals surface area contributed by atoms with Gasteiger partial charge in [0.15, 0.2) is 0 Å². The zero-order valence-corrected chi connectivity index (χ0v) is 16.3. The van der Waals surface area contributed by atoms with Gasteiger partial charge in [-0.1, -0.05) is 12.1 Å². The molecular weight excluding hydrogens is 403 g/mol. The van der Waals surface area contributed by atoms with Crippen molar-refractivity contribution in [3.05, 3.63) is 59.7 Å². The molecule has 2 rings (SSSR count). The maximum absolute atomic E-state index is 12.2. The highest BCUT2D eigenvalue weighted by molar-refractivity contribution is 5.95. The Morgan fingerprint density at radius 1 is 1.03 bits per heavy atom. The number of carbonyl (C=O) groups is 2. The lowest BCUT2D eigenvalue weighted by Gasteiger charge is -2.14. The molecule has 7 nitrogen and oxygen atoms in total. The van der Waals surface area contributed by atoms with Gasteiger partial charge in [-0.2, -0.15) is 0 Å². The van der Waals surface area contributed by atoms with Crippen LogP contribution in [0.15, 0.2) is 48.5 Å². The first kappa shape index (κ1) is 23.0. The van der Waals surface area contributed by atoms with E-state index in [0.29, 0.717) is 16.8 Å². The number of aliphatic hydroxyl groups excluding tert-OH is 1. The van der Waals surface area contributed by atoms with Crippen molar-refractivity contribution in [2.75, 3.05) is 11.9 Å². The highest BCUT2D eigenvalue weighted by Crippen LogP contribution is 2.24. The molecule has 0 aromatic heterocycles. The molecule has 0 heterocycles. The number of rotatable bonds is 7. The Hall–Kier alpha value is -3.27. The van der Waals surface area contributed by atoms with E-state index in [-0.39, 0.29) is 18.6 Å². The fourth-order valence-electron chi connectivity index (χ4n) is 2.44. The number of alkyl halides is 3. The minimum absolute atomic E-state index is 0.0187. The van der Waals surface area contributed by atoms with E-state index in [1.807, 2.05) is 13.8 Å². The first-order chi connectivity index (χ1) is 14.0. The molecule has 10 heteroatoms. The lowest BCUT2D eigenvalue weighted by atomic mass is 10.1. The number of amides is 3. The van der Waals surface area contributed by atoms with Crippen LogP contribution in [0.5, 0.6) is 5.75 Å². The molecule has 2 aromatic rings. The number of ether oxygens (including phenoxy) is 1. The Morgan fingerprint density at radius 3 is 2.17 bits per heavy atom. The van der Waals surface area contributed by atoms with Crippen molar-refractivity contribution < 1.29 is 32.6 Å². The summed E-state index contributed by atoms with van der Waals surface area (Å²) >= 11 is 0. The van der Waals surface area contributed by atoms with Crippen molar-refractivity contribution in [2.24, 2.45) is 0 Å². The summed E-state index contributed by atoms with van der Waals surface area (Å²) in [4.78, 5) is 23.9. The number of hydrogen-bond donors (Lipinski definition) is 4. The Bertz CT molecular complexity index is 853. The molecule has 0 radical (unpaired) electrons. The van der Waals surface area contributed by atoms with Crippen LogP contribution >= 0.6 is 0 Å². The van der Waals surface area contributed by atoms with Crippen molar-refractivity contribution in [3.8, 4) is 5.75 Å². The number of benzene rings is 2. The van der Waals surface area contributed by atoms with E-state index in [1.54, 1.807) is 12.1 Å². The van der Waals surface area contributed by atoms with Gasteiger partial charge in [-0.3, -0.25) is 4.79 Å². The molecular formula is C20H22F3N3O4. The van der Waals surface area contributed by atoms with Crippen LogP contribution in [-0.2, 0) is 0 Å². The minimum atomic E-state index is -4.79. The van der Waals surface area contributed by atoms with Gasteiger partial charge in [-0.25, -0.2) is 4.79 Å². The molecule has 3 amide bonds. The standard InChI is InChI=1S/C20H22F3N3O4/c1-12(2)25-19(29)26-15-7-3-14(4-8-15)18(28)24-11-17(27)13-5-9-16(10-6-13)30-20(21,22)23/h3-10,12,17,27H,11H2,1-2H3,(H,24,28)(H2,25,26,29). The zero-order chi connectivity index (χ0) is 22.3. The summed E-state index contributed by atoms with van der Waals surface area (Å²) < 4.78 is 40.3. The minimum Gasteiger partial charge on any atom is -0.406 e. The van der Waals surface area contributed by atoms with E-state index in [0.717, 1.165) is 12.1 Å². The van der Waals surface area contributed by atoms with Gasteiger partial charge in [0.1, 0.15) is 5.75 Å². The van der Waals surface area contributed by atoms with Crippen LogP contribution in [0.2, 0.25) is 0 Å². The number of halogens is 3. The Balaban J connectivity index is 1.86. The topological polar surface area (TPSA) is 99.7 Å². The Labute approximate surface area is 171 Å². The molecule has 0 aliphatic heterocycles. The summed E-state index contributed by atoms with van der Waals surface area (Å²) in [5.74, 6) is -0.859. The summed E-state index contributed by atoms with van der Waals surface area (Å²) in [5, 5.41) is 18.0. The quantitative estimate of drug-likeness (QED) is 0.545. The average Bonchev–Trinajstić information content (AvgIpc) is 2.65. The van der Waals surface area contributed by atoms with Crippen LogP contribution in [0.3, 0.4) is 0 Å². The van der Waals surface area contributed by atoms with Crippen LogP contribution in [0.25, 0.3) is 0 Å². The van der Waals surface area contributed by atoms with Gasteiger partial charge in [0, 0.05) is 23.8 Å². The number of hydrogen-bond acceptors (Lipinski definition) is 4. The van der Waals surface area contributed by atoms with Crippen molar-refractivity contribution in [2.45, 2.75) is 32.4 Å². The maximum atomic E-state index is 12.2. The average molecular weight is 425 g/mol. The van der Waals surface area contributed by atoms with Crippen molar-refractivity contribution >= 4 is 17.6 Å². The van der Waals surface area contributed by atoms with Crippen LogP contribution in [-0.4, -0.2) is 36.0 Å². The molecule has 0 saturated carbocycles. The van der Waals surface area contributed by atoms with E-state index < -0.39 is 24.1 Å². The second-order valence-corrected chi connectivity index (χ2v) is 6.67. The summed E-state index contributed by atoms with van der Waals surface area (Å²) in [6.07, 6.45) is -5.91. The maximum Gasteiger partial charge on any atom is 0.573 e. The van der Waals surface area contributed by atoms with Crippen molar-refractivity contribution in [1.29, 1.82) is 0 Å². The predicted molar refractivity (Wildman–Crippen MR) is 104 cm³/mol. The van der Waals surface area contributed by atoms with Crippen molar-refractivity contribution in [1.82, 2.24) is 10.6 Å². The van der Waals surface area contributed by atoms with E-state index in [4.69, 9.17) is 0 Å². The fraction of sp³-hybridized carbons (Fsp3) is 0.300. The number of urea groups is 1. The molecule has 1 atom stereocenters. The van der Waals surface area contributed by atoms with E-state index in [2.05, 4.69) is 20.7 Å². The van der Waals surface area contributed by atoms with E-state index >= 15 is 0 Å². The summed E-state index contributed by atoms with van der Waals surface area (Å²) in [6, 6.07) is 10.5. The number of carbonyl (C=O) groups excluding carboxylic acids is 2. The molecule has 0 saturated heterocycles. The highest BCUT2D eigenvalue weighted by atomic mass is 19.4. The number of nitrogens with one attached hydrogen (secondary N) is 3. The van der Waals surface area contributed by atoms with Gasteiger partial charge >= 0.3 is 12.4 Å². The molecule has 4 N–H and O–H groups in total. The lowest BCUT2D eigenvalue weighted by molar-refractivity contribution is -0.274.